The van der Waals surface area contributed by atoms with Crippen LogP contribution in [0.1, 0.15) is 70.1 Å². The van der Waals surface area contributed by atoms with E-state index in [9.17, 15) is 0 Å². The highest BCUT2D eigenvalue weighted by molar-refractivity contribution is 5.87. The van der Waals surface area contributed by atoms with E-state index in [0.717, 1.165) is 115 Å². The van der Waals surface area contributed by atoms with Gasteiger partial charge in [0.15, 0.2) is 76.0 Å². The van der Waals surface area contributed by atoms with Gasteiger partial charge in [-0.1, -0.05) is 6.07 Å². The zero-order valence-electron chi connectivity index (χ0n) is 61.4. The first-order valence-electron chi connectivity index (χ1n) is 32.3. The highest BCUT2D eigenvalue weighted by Crippen LogP contribution is 2.44. The minimum Gasteiger partial charge on any atom is -0.493 e. The number of imidazole rings is 4. The number of nitrogens with two attached hydrogens (primary N) is 3. The van der Waals surface area contributed by atoms with Crippen molar-refractivity contribution in [2.24, 2.45) is 28.2 Å². The van der Waals surface area contributed by atoms with Gasteiger partial charge in [-0.2, -0.15) is 10.2 Å². The lowest BCUT2D eigenvalue weighted by atomic mass is 10.1. The lowest BCUT2D eigenvalue weighted by molar-refractivity contribution is 0.317. The largest absolute Gasteiger partial charge is 0.493 e. The van der Waals surface area contributed by atoms with Crippen LogP contribution < -0.4 is 50.7 Å². The smallest absolute Gasteiger partial charge is 0.259 e. The summed E-state index contributed by atoms with van der Waals surface area (Å²) in [6, 6.07) is 6.12. The number of hydrogen-bond acceptors (Lipinski definition) is 25. The summed E-state index contributed by atoms with van der Waals surface area (Å²) in [4.78, 5) is 58.0. The number of benzene rings is 1. The number of aryl methyl sites for hydroxylation is 16. The van der Waals surface area contributed by atoms with Crippen molar-refractivity contribution in [1.82, 2.24) is 103 Å². The van der Waals surface area contributed by atoms with E-state index in [2.05, 4.69) is 127 Å². The quantitative estimate of drug-likeness (QED) is 0.144. The minimum absolute atomic E-state index is 0.434. The number of rotatable bonds is 5. The molecule has 0 fully saturated rings. The Kier molecular flexibility index (Phi) is 22.9. The molecule has 16 rings (SSSR count). The molecule has 2 aliphatic heterocycles. The van der Waals surface area contributed by atoms with Crippen molar-refractivity contribution < 1.29 is 23.7 Å². The Balaban J connectivity index is 0.000000134. The second-order valence-corrected chi connectivity index (χ2v) is 24.1. The second kappa shape index (κ2) is 31.6. The van der Waals surface area contributed by atoms with Gasteiger partial charge in [-0.25, -0.2) is 74.2 Å². The highest BCUT2D eigenvalue weighted by Gasteiger charge is 2.25. The van der Waals surface area contributed by atoms with Gasteiger partial charge < -0.3 is 69.0 Å². The van der Waals surface area contributed by atoms with E-state index in [-0.39, 0.29) is 0 Å². The van der Waals surface area contributed by atoms with Crippen LogP contribution in [0.5, 0.6) is 29.0 Å². The number of methoxy groups -OCH3 is 3. The third kappa shape index (κ3) is 15.6. The van der Waals surface area contributed by atoms with Gasteiger partial charge in [0.05, 0.1) is 74.6 Å². The molecule has 15 heterocycles. The first-order chi connectivity index (χ1) is 48.2. The van der Waals surface area contributed by atoms with E-state index in [1.807, 2.05) is 147 Å². The SMILES string of the molecule is CCn1nc(C)c2cc(C)cnc21.CCn1ncc2c(C)c(C)cnc21.COc1ccc(C)c2c1OCN2C.COc1ncc(C)c2c1OCN2C.COc1ncc(C)c2c1ncn2C.Cc1cnc(N)c2ncn(C)c12.Cc1nc(N)c2ncn(C)c2n1.Cc1nc2c(N)ncnc2n1C. The first kappa shape index (κ1) is 73.2. The van der Waals surface area contributed by atoms with Crippen LogP contribution >= 0.6 is 0 Å². The fraction of sp³-hybridized carbons (Fsp3) is 0.357. The third-order valence-electron chi connectivity index (χ3n) is 16.8. The van der Waals surface area contributed by atoms with Crippen LogP contribution in [0.3, 0.4) is 0 Å². The maximum atomic E-state index is 5.65. The zero-order valence-corrected chi connectivity index (χ0v) is 61.4. The summed E-state index contributed by atoms with van der Waals surface area (Å²) in [5.41, 5.74) is 37.0. The average molecular weight is 1380 g/mol. The molecule has 1 aromatic carbocycles. The van der Waals surface area contributed by atoms with Gasteiger partial charge in [0, 0.05) is 97.1 Å². The molecule has 0 spiro atoms. The molecule has 0 saturated carbocycles. The molecule has 0 saturated heterocycles. The Morgan fingerprint density at radius 2 is 1.03 bits per heavy atom. The van der Waals surface area contributed by atoms with Gasteiger partial charge in [-0.3, -0.25) is 0 Å². The van der Waals surface area contributed by atoms with E-state index in [1.165, 1.54) is 39.4 Å². The molecule has 101 heavy (non-hydrogen) atoms. The predicted octanol–water partition coefficient (Wildman–Crippen LogP) is 9.76. The maximum absolute atomic E-state index is 5.65. The number of pyridine rings is 5. The Labute approximate surface area is 585 Å². The van der Waals surface area contributed by atoms with Crippen LogP contribution in [0.15, 0.2) is 80.7 Å². The van der Waals surface area contributed by atoms with Crippen LogP contribution in [-0.4, -0.2) is 152 Å². The van der Waals surface area contributed by atoms with Crippen molar-refractivity contribution in [3.05, 3.63) is 137 Å². The van der Waals surface area contributed by atoms with Gasteiger partial charge in [0.1, 0.15) is 29.0 Å². The van der Waals surface area contributed by atoms with Crippen LogP contribution in [-0.2, 0) is 41.3 Å². The number of hydrogen-bond donors (Lipinski definition) is 3. The molecule has 530 valence electrons. The number of aromatic nitrogens is 21. The number of nitrogens with zero attached hydrogens (tertiary/aromatic N) is 23. The van der Waals surface area contributed by atoms with E-state index in [4.69, 9.17) is 40.9 Å². The van der Waals surface area contributed by atoms with Gasteiger partial charge in [-0.15, -0.1) is 0 Å². The summed E-state index contributed by atoms with van der Waals surface area (Å²) >= 11 is 0. The Morgan fingerprint density at radius 3 is 1.67 bits per heavy atom. The summed E-state index contributed by atoms with van der Waals surface area (Å²) in [5.74, 6) is 6.50. The molecule has 13 aromatic heterocycles. The van der Waals surface area contributed by atoms with Crippen LogP contribution in [0.2, 0.25) is 0 Å². The van der Waals surface area contributed by atoms with Crippen molar-refractivity contribution >= 4 is 95.3 Å². The standard InChI is InChI=1S/2C10H13N3.C10H13NO2.C9H11N3O.C9H12N2O2.C8H10N4.2C7H9N5/c1-4-13-10-9(6-12-13)8(3)7(2)5-11-10;1-4-13-10-9(8(3)12-13)5-7(2)6-11-10;1-7-4-5-8(12-3)10-9(7)11(2)6-13-10;1-6-4-10-9(13-3)7-8(6)12(2)5-11-7;1-6-4-10-9(12-3)8-7(6)11(2)5-13-8;1-5-3-10-8(9)6-7(5)12(2)4-11-6;1-4-11-5-6(8)9-3-10-7(5)12(4)2;1-4-10-6(8)5-7(11-4)12(2)3-9-5/h2*5-6H,4H2,1-3H3;4-5H,6H2,1-3H3;4-5H,1-3H3;4H,5H2,1-3H3;3-4H,1-2H3,(H2,9,10);3H,1-2H3,(H2,8,9,10);3H,1-2H3,(H2,8,10,11). The summed E-state index contributed by atoms with van der Waals surface area (Å²) in [5, 5.41) is 11.0. The summed E-state index contributed by atoms with van der Waals surface area (Å²) in [6.45, 7) is 27.1. The first-order valence-corrected chi connectivity index (χ1v) is 32.3. The van der Waals surface area contributed by atoms with Gasteiger partial charge >= 0.3 is 0 Å². The fourth-order valence-electron chi connectivity index (χ4n) is 11.3. The van der Waals surface area contributed by atoms with E-state index < -0.39 is 0 Å². The van der Waals surface area contributed by atoms with Crippen LogP contribution in [0, 0.1) is 69.2 Å². The zero-order chi connectivity index (χ0) is 73.3. The molecular weight excluding hydrogens is 1280 g/mol. The van der Waals surface area contributed by atoms with Crippen molar-refractivity contribution in [3.63, 3.8) is 0 Å². The number of anilines is 5. The Hall–Kier alpha value is -12.1. The van der Waals surface area contributed by atoms with Gasteiger partial charge in [0.25, 0.3) is 5.88 Å². The molecule has 0 amide bonds. The van der Waals surface area contributed by atoms with E-state index >= 15 is 0 Å². The number of fused-ring (bicyclic) bond motifs is 8. The number of nitrogen functional groups attached to an aromatic ring is 3. The lowest BCUT2D eigenvalue weighted by Crippen LogP contribution is -2.15. The summed E-state index contributed by atoms with van der Waals surface area (Å²) in [7, 11) is 16.5. The van der Waals surface area contributed by atoms with Crippen LogP contribution in [0.4, 0.5) is 28.8 Å². The van der Waals surface area contributed by atoms with E-state index in [1.54, 1.807) is 58.9 Å². The molecule has 0 aliphatic carbocycles. The molecule has 31 heteroatoms. The molecule has 0 radical (unpaired) electrons. The topological polar surface area (TPSA) is 354 Å². The summed E-state index contributed by atoms with van der Waals surface area (Å²) in [6.07, 6.45) is 17.7. The minimum atomic E-state index is 0.434. The predicted molar refractivity (Wildman–Crippen MR) is 395 cm³/mol. The van der Waals surface area contributed by atoms with Crippen molar-refractivity contribution in [3.8, 4) is 29.0 Å². The number of ether oxygens (including phenoxy) is 5. The van der Waals surface area contributed by atoms with Gasteiger partial charge in [-0.05, 0) is 134 Å². The Morgan fingerprint density at radius 1 is 0.465 bits per heavy atom. The molecule has 2 aliphatic rings. The lowest BCUT2D eigenvalue weighted by Gasteiger charge is -2.11. The molecule has 31 nitrogen and oxygen atoms in total. The van der Waals surface area contributed by atoms with Gasteiger partial charge in [0.2, 0.25) is 11.6 Å². The molecule has 0 bridgehead atoms. The molecular formula is C70H90N26O5. The highest BCUT2D eigenvalue weighted by atomic mass is 16.5. The van der Waals surface area contributed by atoms with E-state index in [0.29, 0.717) is 59.5 Å². The average Bonchev–Trinajstić information content (AvgIpc) is 1.73. The molecule has 6 N–H and O–H groups in total. The second-order valence-electron chi connectivity index (χ2n) is 24.1. The monoisotopic (exact) mass is 1370 g/mol. The molecule has 0 atom stereocenters. The molecule has 14 aromatic rings. The maximum Gasteiger partial charge on any atom is 0.259 e. The van der Waals surface area contributed by atoms with Crippen molar-refractivity contribution in [2.45, 2.75) is 96.2 Å². The van der Waals surface area contributed by atoms with Crippen molar-refractivity contribution in [1.29, 1.82) is 0 Å². The Bertz CT molecular complexity index is 5160. The van der Waals surface area contributed by atoms with Crippen molar-refractivity contribution in [2.75, 3.05) is 75.9 Å². The molecule has 0 unspecified atom stereocenters. The summed E-state index contributed by atoms with van der Waals surface area (Å²) < 4.78 is 37.9. The fourth-order valence-corrected chi connectivity index (χ4v) is 11.3. The van der Waals surface area contributed by atoms with Crippen LogP contribution in [0.25, 0.3) is 66.5 Å². The normalized spacial score (nSPS) is 11.7. The third-order valence-corrected chi connectivity index (χ3v) is 16.8.